The number of benzene rings is 2. The number of nitrogens with one attached hydrogen (secondary N) is 1. The molecule has 2 aromatic carbocycles. The lowest BCUT2D eigenvalue weighted by Crippen LogP contribution is -2.26. The van der Waals surface area contributed by atoms with Crippen LogP contribution in [0.2, 0.25) is 0 Å². The maximum atomic E-state index is 12.4. The molecule has 0 saturated carbocycles. The van der Waals surface area contributed by atoms with Gasteiger partial charge in [-0.3, -0.25) is 4.79 Å². The standard InChI is InChI=1S/C22H19N3O3/c1-14-6-3-4-7-18(14)22-25-24-21(28-22)17-11-9-16(10-12-17)20(26)23-15(2)19-8-5-13-27-19/h3-13,15H,1-2H3,(H,23,26)/t15-/m1/s1. The van der Waals surface area contributed by atoms with Crippen molar-refractivity contribution in [2.24, 2.45) is 0 Å². The van der Waals surface area contributed by atoms with E-state index in [0.29, 0.717) is 23.1 Å². The van der Waals surface area contributed by atoms with Crippen molar-refractivity contribution in [3.63, 3.8) is 0 Å². The molecule has 0 aliphatic rings. The number of rotatable bonds is 5. The summed E-state index contributed by atoms with van der Waals surface area (Å²) in [6.45, 7) is 3.87. The van der Waals surface area contributed by atoms with Gasteiger partial charge in [0.2, 0.25) is 11.8 Å². The Morgan fingerprint density at radius 2 is 1.71 bits per heavy atom. The number of nitrogens with zero attached hydrogens (tertiary/aromatic N) is 2. The molecule has 0 aliphatic carbocycles. The van der Waals surface area contributed by atoms with Crippen LogP contribution in [0.5, 0.6) is 0 Å². The molecule has 0 aliphatic heterocycles. The van der Waals surface area contributed by atoms with Crippen LogP contribution in [-0.4, -0.2) is 16.1 Å². The number of carbonyl (C=O) groups excluding carboxylic acids is 1. The molecule has 0 spiro atoms. The van der Waals surface area contributed by atoms with E-state index >= 15 is 0 Å². The van der Waals surface area contributed by atoms with Crippen LogP contribution in [0, 0.1) is 6.92 Å². The first-order chi connectivity index (χ1) is 13.6. The van der Waals surface area contributed by atoms with Crippen molar-refractivity contribution in [1.82, 2.24) is 15.5 Å². The molecule has 140 valence electrons. The van der Waals surface area contributed by atoms with Gasteiger partial charge in [-0.15, -0.1) is 10.2 Å². The molecule has 0 fully saturated rings. The topological polar surface area (TPSA) is 81.2 Å². The Bertz CT molecular complexity index is 1080. The fraction of sp³-hybridized carbons (Fsp3) is 0.136. The summed E-state index contributed by atoms with van der Waals surface area (Å²) >= 11 is 0. The van der Waals surface area contributed by atoms with Gasteiger partial charge in [-0.05, 0) is 61.9 Å². The largest absolute Gasteiger partial charge is 0.467 e. The number of furan rings is 1. The van der Waals surface area contributed by atoms with Gasteiger partial charge in [0.05, 0.1) is 12.3 Å². The number of amides is 1. The first kappa shape index (κ1) is 17.7. The van der Waals surface area contributed by atoms with Crippen molar-refractivity contribution in [2.45, 2.75) is 19.9 Å². The molecule has 0 radical (unpaired) electrons. The van der Waals surface area contributed by atoms with Crippen molar-refractivity contribution in [3.8, 4) is 22.9 Å². The van der Waals surface area contributed by atoms with Crippen molar-refractivity contribution >= 4 is 5.91 Å². The highest BCUT2D eigenvalue weighted by Crippen LogP contribution is 2.26. The molecule has 1 atom stereocenters. The van der Waals surface area contributed by atoms with Crippen LogP contribution in [0.15, 0.2) is 75.8 Å². The average molecular weight is 373 g/mol. The molecule has 4 rings (SSSR count). The summed E-state index contributed by atoms with van der Waals surface area (Å²) < 4.78 is 11.1. The minimum Gasteiger partial charge on any atom is -0.467 e. The Hall–Kier alpha value is -3.67. The van der Waals surface area contributed by atoms with Gasteiger partial charge in [0.1, 0.15) is 5.76 Å². The van der Waals surface area contributed by atoms with Crippen molar-refractivity contribution in [3.05, 3.63) is 83.8 Å². The van der Waals surface area contributed by atoms with Crippen molar-refractivity contribution in [2.75, 3.05) is 0 Å². The molecular formula is C22H19N3O3. The van der Waals surface area contributed by atoms with E-state index in [4.69, 9.17) is 8.83 Å². The lowest BCUT2D eigenvalue weighted by Gasteiger charge is -2.11. The predicted octanol–water partition coefficient (Wildman–Crippen LogP) is 4.80. The molecular weight excluding hydrogens is 354 g/mol. The Balaban J connectivity index is 1.49. The third-order valence-electron chi connectivity index (χ3n) is 4.51. The molecule has 2 aromatic heterocycles. The van der Waals surface area contributed by atoms with Gasteiger partial charge >= 0.3 is 0 Å². The average Bonchev–Trinajstić information content (AvgIpc) is 3.41. The van der Waals surface area contributed by atoms with Crippen molar-refractivity contribution in [1.29, 1.82) is 0 Å². The highest BCUT2D eigenvalue weighted by atomic mass is 16.4. The second-order valence-electron chi connectivity index (χ2n) is 6.52. The predicted molar refractivity (Wildman–Crippen MR) is 104 cm³/mol. The van der Waals surface area contributed by atoms with E-state index in [1.165, 1.54) is 0 Å². The molecule has 4 aromatic rings. The maximum Gasteiger partial charge on any atom is 0.251 e. The summed E-state index contributed by atoms with van der Waals surface area (Å²) in [6.07, 6.45) is 1.59. The Morgan fingerprint density at radius 3 is 2.43 bits per heavy atom. The van der Waals surface area contributed by atoms with Gasteiger partial charge in [-0.2, -0.15) is 0 Å². The number of carbonyl (C=O) groups is 1. The zero-order valence-electron chi connectivity index (χ0n) is 15.5. The van der Waals surface area contributed by atoms with Gasteiger partial charge < -0.3 is 14.2 Å². The van der Waals surface area contributed by atoms with E-state index in [1.54, 1.807) is 36.6 Å². The van der Waals surface area contributed by atoms with Crippen LogP contribution in [0.1, 0.15) is 34.6 Å². The van der Waals surface area contributed by atoms with Crippen LogP contribution in [0.4, 0.5) is 0 Å². The maximum absolute atomic E-state index is 12.4. The van der Waals surface area contributed by atoms with Crippen LogP contribution >= 0.6 is 0 Å². The molecule has 0 bridgehead atoms. The quantitative estimate of drug-likeness (QED) is 0.544. The second-order valence-corrected chi connectivity index (χ2v) is 6.52. The highest BCUT2D eigenvalue weighted by molar-refractivity contribution is 5.94. The molecule has 0 unspecified atom stereocenters. The van der Waals surface area contributed by atoms with E-state index in [2.05, 4.69) is 15.5 Å². The van der Waals surface area contributed by atoms with Crippen molar-refractivity contribution < 1.29 is 13.6 Å². The van der Waals surface area contributed by atoms with Crippen LogP contribution in [0.25, 0.3) is 22.9 Å². The Labute approximate surface area is 162 Å². The van der Waals surface area contributed by atoms with E-state index in [9.17, 15) is 4.79 Å². The third-order valence-corrected chi connectivity index (χ3v) is 4.51. The summed E-state index contributed by atoms with van der Waals surface area (Å²) in [5, 5.41) is 11.2. The molecule has 2 heterocycles. The van der Waals surface area contributed by atoms with E-state index in [-0.39, 0.29) is 11.9 Å². The van der Waals surface area contributed by atoms with E-state index in [0.717, 1.165) is 16.7 Å². The summed E-state index contributed by atoms with van der Waals surface area (Å²) in [6, 6.07) is 18.3. The number of hydrogen-bond donors (Lipinski definition) is 1. The number of hydrogen-bond acceptors (Lipinski definition) is 5. The second kappa shape index (κ2) is 7.52. The zero-order chi connectivity index (χ0) is 19.5. The Morgan fingerprint density at radius 1 is 0.964 bits per heavy atom. The molecule has 6 nitrogen and oxygen atoms in total. The van der Waals surface area contributed by atoms with Gasteiger partial charge in [0.25, 0.3) is 5.91 Å². The smallest absolute Gasteiger partial charge is 0.251 e. The fourth-order valence-electron chi connectivity index (χ4n) is 2.91. The normalized spacial score (nSPS) is 11.9. The minimum absolute atomic E-state index is 0.179. The number of aromatic nitrogens is 2. The Kier molecular flexibility index (Phi) is 4.76. The molecule has 1 N–H and O–H groups in total. The minimum atomic E-state index is -0.213. The van der Waals surface area contributed by atoms with Gasteiger partial charge in [0, 0.05) is 16.7 Å². The van der Waals surface area contributed by atoms with Gasteiger partial charge in [0.15, 0.2) is 0 Å². The summed E-state index contributed by atoms with van der Waals surface area (Å²) in [7, 11) is 0. The van der Waals surface area contributed by atoms with Crippen LogP contribution in [-0.2, 0) is 0 Å². The number of aryl methyl sites for hydroxylation is 1. The lowest BCUT2D eigenvalue weighted by atomic mass is 10.1. The SMILES string of the molecule is Cc1ccccc1-c1nnc(-c2ccc(C(=O)N[C@H](C)c3ccco3)cc2)o1. The highest BCUT2D eigenvalue weighted by Gasteiger charge is 2.15. The first-order valence-electron chi connectivity index (χ1n) is 8.96. The van der Waals surface area contributed by atoms with Crippen LogP contribution in [0.3, 0.4) is 0 Å². The van der Waals surface area contributed by atoms with E-state index < -0.39 is 0 Å². The lowest BCUT2D eigenvalue weighted by molar-refractivity contribution is 0.0935. The fourth-order valence-corrected chi connectivity index (χ4v) is 2.91. The molecule has 6 heteroatoms. The van der Waals surface area contributed by atoms with Gasteiger partial charge in [-0.25, -0.2) is 0 Å². The summed E-state index contributed by atoms with van der Waals surface area (Å²) in [4.78, 5) is 12.4. The summed E-state index contributed by atoms with van der Waals surface area (Å²) in [5.41, 5.74) is 3.27. The molecule has 28 heavy (non-hydrogen) atoms. The summed E-state index contributed by atoms with van der Waals surface area (Å²) in [5.74, 6) is 1.41. The molecule has 0 saturated heterocycles. The van der Waals surface area contributed by atoms with Gasteiger partial charge in [-0.1, -0.05) is 18.2 Å². The molecule has 1 amide bonds. The van der Waals surface area contributed by atoms with E-state index in [1.807, 2.05) is 44.2 Å². The zero-order valence-corrected chi connectivity index (χ0v) is 15.5. The third kappa shape index (κ3) is 3.57. The first-order valence-corrected chi connectivity index (χ1v) is 8.96. The van der Waals surface area contributed by atoms with Crippen LogP contribution < -0.4 is 5.32 Å². The monoisotopic (exact) mass is 373 g/mol.